The van der Waals surface area contributed by atoms with E-state index in [0.29, 0.717) is 24.2 Å². The van der Waals surface area contributed by atoms with Crippen molar-refractivity contribution >= 4 is 51.9 Å². The second kappa shape index (κ2) is 9.47. The monoisotopic (exact) mass is 506 g/mol. The Bertz CT molecular complexity index is 1330. The maximum absolute atomic E-state index is 12.5. The number of fused-ring (bicyclic) bond motifs is 2. The number of hydrogen-bond donors (Lipinski definition) is 2. The number of benzene rings is 1. The Hall–Kier alpha value is -3.57. The molecule has 3 aliphatic heterocycles. The molecule has 2 fully saturated rings. The number of anilines is 3. The van der Waals surface area contributed by atoms with Crippen molar-refractivity contribution in [2.75, 3.05) is 61.2 Å². The van der Waals surface area contributed by atoms with Crippen molar-refractivity contribution in [2.24, 2.45) is 5.92 Å². The van der Waals surface area contributed by atoms with E-state index in [-0.39, 0.29) is 18.0 Å². The van der Waals surface area contributed by atoms with Crippen molar-refractivity contribution < 1.29 is 19.1 Å². The van der Waals surface area contributed by atoms with Gasteiger partial charge in [0.25, 0.3) is 0 Å². The number of thioether (sulfide) groups is 1. The minimum absolute atomic E-state index is 0.0277. The van der Waals surface area contributed by atoms with E-state index in [4.69, 9.17) is 9.47 Å². The van der Waals surface area contributed by atoms with Crippen LogP contribution in [0.3, 0.4) is 0 Å². The van der Waals surface area contributed by atoms with Crippen LogP contribution in [0.15, 0.2) is 47.5 Å². The molecule has 6 rings (SSSR count). The number of ether oxygens (including phenoxy) is 2. The highest BCUT2D eigenvalue weighted by Gasteiger charge is 2.38. The van der Waals surface area contributed by atoms with Crippen LogP contribution in [0.1, 0.15) is 0 Å². The summed E-state index contributed by atoms with van der Waals surface area (Å²) in [5.41, 5.74) is 4.05. The van der Waals surface area contributed by atoms with Crippen LogP contribution in [0.4, 0.5) is 21.9 Å². The molecule has 1 aromatic carbocycles. The van der Waals surface area contributed by atoms with E-state index >= 15 is 0 Å². The second-order valence-corrected chi connectivity index (χ2v) is 10.2. The number of cyclic esters (lactones) is 1. The summed E-state index contributed by atoms with van der Waals surface area (Å²) in [5, 5.41) is 6.41. The first-order valence-corrected chi connectivity index (χ1v) is 12.8. The highest BCUT2D eigenvalue weighted by Crippen LogP contribution is 2.36. The first kappa shape index (κ1) is 22.9. The van der Waals surface area contributed by atoms with E-state index in [1.807, 2.05) is 36.4 Å². The minimum Gasteiger partial charge on any atom is -0.481 e. The largest absolute Gasteiger partial charge is 0.481 e. The number of aromatic nitrogens is 2. The molecule has 0 bridgehead atoms. The van der Waals surface area contributed by atoms with Gasteiger partial charge in [-0.3, -0.25) is 14.7 Å². The Kier molecular flexibility index (Phi) is 6.02. The summed E-state index contributed by atoms with van der Waals surface area (Å²) in [7, 11) is 1.60. The van der Waals surface area contributed by atoms with Crippen molar-refractivity contribution in [1.82, 2.24) is 14.9 Å². The van der Waals surface area contributed by atoms with Crippen molar-refractivity contribution in [2.45, 2.75) is 10.9 Å². The summed E-state index contributed by atoms with van der Waals surface area (Å²) >= 11 is 1.50. The van der Waals surface area contributed by atoms with Crippen LogP contribution in [-0.4, -0.2) is 78.6 Å². The molecule has 3 aliphatic rings. The second-order valence-electron chi connectivity index (χ2n) is 9.16. The van der Waals surface area contributed by atoms with Gasteiger partial charge in [0.1, 0.15) is 12.1 Å². The highest BCUT2D eigenvalue weighted by molar-refractivity contribution is 8.00. The van der Waals surface area contributed by atoms with Gasteiger partial charge in [-0.1, -0.05) is 0 Å². The van der Waals surface area contributed by atoms with Crippen molar-refractivity contribution in [3.8, 4) is 5.88 Å². The maximum atomic E-state index is 12.5. The Labute approximate surface area is 212 Å². The first-order chi connectivity index (χ1) is 17.6. The third-order valence-electron chi connectivity index (χ3n) is 6.69. The Morgan fingerprint density at radius 1 is 1.22 bits per heavy atom. The van der Waals surface area contributed by atoms with E-state index < -0.39 is 0 Å². The van der Waals surface area contributed by atoms with E-state index in [9.17, 15) is 9.59 Å². The zero-order valence-corrected chi connectivity index (χ0v) is 20.6. The van der Waals surface area contributed by atoms with Crippen LogP contribution >= 0.6 is 11.8 Å². The van der Waals surface area contributed by atoms with Gasteiger partial charge in [0.15, 0.2) is 0 Å². The van der Waals surface area contributed by atoms with Gasteiger partial charge in [0, 0.05) is 54.9 Å². The van der Waals surface area contributed by atoms with Crippen LogP contribution in [0.5, 0.6) is 5.88 Å². The molecular weight excluding hydrogens is 480 g/mol. The molecule has 10 nitrogen and oxygen atoms in total. The average Bonchev–Trinajstić information content (AvgIpc) is 3.24. The Morgan fingerprint density at radius 3 is 2.97 bits per heavy atom. The maximum Gasteiger partial charge on any atom is 0.414 e. The molecule has 5 heterocycles. The lowest BCUT2D eigenvalue weighted by Gasteiger charge is -2.41. The molecular formula is C25H26N6O4S. The third-order valence-corrected chi connectivity index (χ3v) is 7.76. The fourth-order valence-electron chi connectivity index (χ4n) is 4.90. The fraction of sp³-hybridized carbons (Fsp3) is 0.360. The van der Waals surface area contributed by atoms with Gasteiger partial charge in [-0.15, -0.1) is 11.8 Å². The quantitative estimate of drug-likeness (QED) is 0.500. The molecule has 0 unspecified atom stereocenters. The number of amides is 2. The van der Waals surface area contributed by atoms with Gasteiger partial charge in [-0.25, -0.2) is 9.78 Å². The standard InChI is InChI=1S/C25H26N6O4S/c1-34-23-5-3-18-24(29-23)19(6-7-26-18)27-9-15-10-30(11-15)12-17-13-35-25(33)31(17)16-2-4-21-20(8-16)28-22(32)14-36-21/h2-8,15,17H,9-14H2,1H3,(H,26,27)(H,28,32)/t17-/m0/s1. The number of rotatable bonds is 7. The van der Waals surface area contributed by atoms with E-state index in [0.717, 1.165) is 59.2 Å². The number of carbonyl (C=O) groups is 2. The fourth-order valence-corrected chi connectivity index (χ4v) is 5.69. The third kappa shape index (κ3) is 4.40. The molecule has 2 amide bonds. The van der Waals surface area contributed by atoms with Crippen LogP contribution in [0, 0.1) is 5.92 Å². The molecule has 0 radical (unpaired) electrons. The highest BCUT2D eigenvalue weighted by atomic mass is 32.2. The number of pyridine rings is 2. The summed E-state index contributed by atoms with van der Waals surface area (Å²) in [4.78, 5) is 38.3. The van der Waals surface area contributed by atoms with Gasteiger partial charge in [-0.05, 0) is 30.3 Å². The molecule has 2 aromatic heterocycles. The van der Waals surface area contributed by atoms with E-state index in [1.165, 1.54) is 11.8 Å². The molecule has 11 heteroatoms. The lowest BCUT2D eigenvalue weighted by atomic mass is 9.99. The number of nitrogens with zero attached hydrogens (tertiary/aromatic N) is 4. The van der Waals surface area contributed by atoms with Crippen molar-refractivity contribution in [1.29, 1.82) is 0 Å². The topological polar surface area (TPSA) is 109 Å². The normalized spacial score (nSPS) is 20.0. The average molecular weight is 507 g/mol. The van der Waals surface area contributed by atoms with Gasteiger partial charge in [-0.2, -0.15) is 0 Å². The SMILES string of the molecule is COc1ccc2nccc(NCC3CN(C[C@H]4COC(=O)N4c4ccc5c(c4)NC(=O)CS5)C3)c2n1. The molecule has 186 valence electrons. The van der Waals surface area contributed by atoms with Crippen molar-refractivity contribution in [3.05, 3.63) is 42.6 Å². The van der Waals surface area contributed by atoms with Gasteiger partial charge in [0.05, 0.1) is 35.8 Å². The predicted octanol–water partition coefficient (Wildman–Crippen LogP) is 3.05. The predicted molar refractivity (Wildman–Crippen MR) is 138 cm³/mol. The number of methoxy groups -OCH3 is 1. The smallest absolute Gasteiger partial charge is 0.414 e. The lowest BCUT2D eigenvalue weighted by molar-refractivity contribution is -0.113. The summed E-state index contributed by atoms with van der Waals surface area (Å²) in [6.07, 6.45) is 1.43. The van der Waals surface area contributed by atoms with E-state index in [2.05, 4.69) is 25.5 Å². The zero-order chi connectivity index (χ0) is 24.6. The summed E-state index contributed by atoms with van der Waals surface area (Å²) in [6.45, 7) is 3.77. The Morgan fingerprint density at radius 2 is 2.11 bits per heavy atom. The molecule has 2 N–H and O–H groups in total. The molecule has 0 spiro atoms. The lowest BCUT2D eigenvalue weighted by Crippen LogP contribution is -2.54. The molecule has 1 atom stereocenters. The first-order valence-electron chi connectivity index (χ1n) is 11.9. The summed E-state index contributed by atoms with van der Waals surface area (Å²) in [5.74, 6) is 1.43. The zero-order valence-electron chi connectivity index (χ0n) is 19.8. The minimum atomic E-state index is -0.346. The van der Waals surface area contributed by atoms with Gasteiger partial charge < -0.3 is 25.0 Å². The van der Waals surface area contributed by atoms with Crippen LogP contribution in [-0.2, 0) is 9.53 Å². The Balaban J connectivity index is 1.06. The van der Waals surface area contributed by atoms with Crippen LogP contribution in [0.2, 0.25) is 0 Å². The number of nitrogens with one attached hydrogen (secondary N) is 2. The van der Waals surface area contributed by atoms with Crippen LogP contribution in [0.25, 0.3) is 11.0 Å². The summed E-state index contributed by atoms with van der Waals surface area (Å²) < 4.78 is 10.7. The van der Waals surface area contributed by atoms with Gasteiger partial charge in [0.2, 0.25) is 11.8 Å². The molecule has 0 saturated carbocycles. The number of hydrogen-bond acceptors (Lipinski definition) is 9. The molecule has 36 heavy (non-hydrogen) atoms. The molecule has 0 aliphatic carbocycles. The molecule has 3 aromatic rings. The number of carbonyl (C=O) groups excluding carboxylic acids is 2. The van der Waals surface area contributed by atoms with E-state index in [1.54, 1.807) is 18.2 Å². The van der Waals surface area contributed by atoms with Gasteiger partial charge >= 0.3 is 6.09 Å². The number of likely N-dealkylation sites (tertiary alicyclic amines) is 1. The molecule has 2 saturated heterocycles. The van der Waals surface area contributed by atoms with Crippen molar-refractivity contribution in [3.63, 3.8) is 0 Å². The summed E-state index contributed by atoms with van der Waals surface area (Å²) in [6, 6.07) is 11.3. The van der Waals surface area contributed by atoms with Crippen LogP contribution < -0.4 is 20.3 Å².